The molecule has 1 rings (SSSR count). The number of carboxylic acid groups (broad SMARTS) is 2. The summed E-state index contributed by atoms with van der Waals surface area (Å²) in [5.41, 5.74) is 0.769. The van der Waals surface area contributed by atoms with Crippen LogP contribution in [0, 0.1) is 5.41 Å². The number of benzene rings is 1. The zero-order chi connectivity index (χ0) is 29.4. The molecule has 0 saturated heterocycles. The van der Waals surface area contributed by atoms with Crippen molar-refractivity contribution in [1.29, 1.82) is 0 Å². The van der Waals surface area contributed by atoms with E-state index < -0.39 is 23.9 Å². The second-order valence-electron chi connectivity index (χ2n) is 10.2. The van der Waals surface area contributed by atoms with Crippen LogP contribution in [-0.4, -0.2) is 97.3 Å². The van der Waals surface area contributed by atoms with Crippen molar-refractivity contribution in [2.45, 2.75) is 52.6 Å². The number of rotatable bonds is 20. The highest BCUT2D eigenvalue weighted by Gasteiger charge is 2.23. The summed E-state index contributed by atoms with van der Waals surface area (Å²) in [5, 5.41) is 23.5. The second-order valence-corrected chi connectivity index (χ2v) is 10.2. The van der Waals surface area contributed by atoms with Gasteiger partial charge in [0.2, 0.25) is 5.91 Å². The highest BCUT2D eigenvalue weighted by molar-refractivity contribution is 5.96. The van der Waals surface area contributed by atoms with Crippen molar-refractivity contribution >= 4 is 29.5 Å². The van der Waals surface area contributed by atoms with E-state index in [-0.39, 0.29) is 48.5 Å². The maximum atomic E-state index is 12.6. The van der Waals surface area contributed by atoms with Crippen molar-refractivity contribution in [1.82, 2.24) is 15.5 Å². The highest BCUT2D eigenvalue weighted by Crippen LogP contribution is 2.14. The molecular formula is C27H41N3O9. The lowest BCUT2D eigenvalue weighted by Gasteiger charge is -2.25. The van der Waals surface area contributed by atoms with E-state index in [4.69, 9.17) is 14.6 Å². The Morgan fingerprint density at radius 2 is 1.64 bits per heavy atom. The number of hydrogen-bond donors (Lipinski definition) is 4. The maximum absolute atomic E-state index is 12.6. The Morgan fingerprint density at radius 1 is 1.00 bits per heavy atom. The van der Waals surface area contributed by atoms with Crippen LogP contribution in [0.15, 0.2) is 24.3 Å². The number of Topliss-reactive ketones (excluding diaryl/α,β-unsaturated/α-hetero) is 1. The number of ketones is 1. The third-order valence-corrected chi connectivity index (χ3v) is 5.57. The lowest BCUT2D eigenvalue weighted by Crippen LogP contribution is -2.42. The Morgan fingerprint density at radius 3 is 2.23 bits per heavy atom. The van der Waals surface area contributed by atoms with E-state index >= 15 is 0 Å². The molecule has 0 aliphatic heterocycles. The Balaban J connectivity index is 2.45. The van der Waals surface area contributed by atoms with Gasteiger partial charge in [-0.3, -0.25) is 19.2 Å². The van der Waals surface area contributed by atoms with E-state index in [1.165, 1.54) is 6.92 Å². The van der Waals surface area contributed by atoms with Crippen LogP contribution in [0.25, 0.3) is 0 Å². The molecule has 1 aromatic carbocycles. The van der Waals surface area contributed by atoms with E-state index in [2.05, 4.69) is 10.6 Å². The number of nitrogens with zero attached hydrogens (tertiary/aromatic N) is 1. The summed E-state index contributed by atoms with van der Waals surface area (Å²) < 4.78 is 10.7. The van der Waals surface area contributed by atoms with Gasteiger partial charge in [-0.2, -0.15) is 0 Å². The van der Waals surface area contributed by atoms with Gasteiger partial charge in [0, 0.05) is 37.0 Å². The monoisotopic (exact) mass is 551 g/mol. The van der Waals surface area contributed by atoms with Crippen LogP contribution in [0.4, 0.5) is 0 Å². The van der Waals surface area contributed by atoms with E-state index in [0.29, 0.717) is 39.5 Å². The first-order valence-electron chi connectivity index (χ1n) is 12.7. The number of carboxylic acids is 2. The molecule has 0 radical (unpaired) electrons. The first-order valence-corrected chi connectivity index (χ1v) is 12.7. The fourth-order valence-electron chi connectivity index (χ4n) is 3.37. The quantitative estimate of drug-likeness (QED) is 0.173. The topological polar surface area (TPSA) is 172 Å². The molecule has 0 aromatic heterocycles. The molecule has 0 heterocycles. The molecule has 0 fully saturated rings. The average molecular weight is 552 g/mol. The molecule has 1 atom stereocenters. The molecule has 0 bridgehead atoms. The first-order chi connectivity index (χ1) is 18.3. The summed E-state index contributed by atoms with van der Waals surface area (Å²) >= 11 is 0. The van der Waals surface area contributed by atoms with Gasteiger partial charge in [-0.05, 0) is 38.1 Å². The van der Waals surface area contributed by atoms with Crippen molar-refractivity contribution < 1.29 is 43.7 Å². The fourth-order valence-corrected chi connectivity index (χ4v) is 3.37. The number of aliphatic carboxylic acids is 2. The number of carbonyl (C=O) groups is 5. The minimum absolute atomic E-state index is 0.0254. The van der Waals surface area contributed by atoms with Crippen LogP contribution in [0.1, 0.15) is 56.0 Å². The SMILES string of the molecule is CC(=O)COCCOCC(C)(C)CNC(=O)CCC(NC(=O)c1ccc(CN(C)CCC(=O)O)cc1)C(=O)O. The zero-order valence-corrected chi connectivity index (χ0v) is 23.2. The molecule has 0 aliphatic carbocycles. The Hall–Kier alpha value is -3.35. The van der Waals surface area contributed by atoms with Gasteiger partial charge in [0.25, 0.3) is 5.91 Å². The summed E-state index contributed by atoms with van der Waals surface area (Å²) in [6.07, 6.45) is -0.143. The van der Waals surface area contributed by atoms with Crippen LogP contribution >= 0.6 is 0 Å². The van der Waals surface area contributed by atoms with Gasteiger partial charge in [0.05, 0.1) is 26.2 Å². The van der Waals surface area contributed by atoms with Crippen LogP contribution in [0.2, 0.25) is 0 Å². The summed E-state index contributed by atoms with van der Waals surface area (Å²) in [6.45, 7) is 7.44. The number of carbonyl (C=O) groups excluding carboxylic acids is 3. The van der Waals surface area contributed by atoms with Crippen molar-refractivity contribution in [3.05, 3.63) is 35.4 Å². The van der Waals surface area contributed by atoms with Crippen LogP contribution in [0.5, 0.6) is 0 Å². The van der Waals surface area contributed by atoms with Gasteiger partial charge in [-0.25, -0.2) is 4.79 Å². The first kappa shape index (κ1) is 33.7. The Kier molecular flexibility index (Phi) is 14.9. The van der Waals surface area contributed by atoms with Gasteiger partial charge in [-0.1, -0.05) is 26.0 Å². The van der Waals surface area contributed by atoms with E-state index in [1.807, 2.05) is 18.7 Å². The summed E-state index contributed by atoms with van der Waals surface area (Å²) in [5.74, 6) is -3.09. The van der Waals surface area contributed by atoms with E-state index in [1.54, 1.807) is 31.3 Å². The average Bonchev–Trinajstić information content (AvgIpc) is 2.86. The highest BCUT2D eigenvalue weighted by atomic mass is 16.5. The molecule has 1 unspecified atom stereocenters. The minimum Gasteiger partial charge on any atom is -0.481 e. The number of hydrogen-bond acceptors (Lipinski definition) is 8. The predicted molar refractivity (Wildman–Crippen MR) is 142 cm³/mol. The standard InChI is InChI=1S/C27H41N3O9/c1-19(31)16-38-13-14-39-18-27(2,3)17-28-23(32)10-9-22(26(36)37)29-25(35)21-7-5-20(6-8-21)15-30(4)12-11-24(33)34/h5-8,22H,9-18H2,1-4H3,(H,28,32)(H,29,35)(H,33,34)(H,36,37). The second kappa shape index (κ2) is 17.3. The molecule has 12 nitrogen and oxygen atoms in total. The van der Waals surface area contributed by atoms with E-state index in [9.17, 15) is 29.1 Å². The number of nitrogens with one attached hydrogen (secondary N) is 2. The molecule has 218 valence electrons. The van der Waals surface area contributed by atoms with Crippen LogP contribution in [-0.2, 0) is 35.2 Å². The van der Waals surface area contributed by atoms with Crippen molar-refractivity contribution in [3.8, 4) is 0 Å². The number of amides is 2. The van der Waals surface area contributed by atoms with Crippen LogP contribution < -0.4 is 10.6 Å². The minimum atomic E-state index is -1.24. The smallest absolute Gasteiger partial charge is 0.326 e. The fraction of sp³-hybridized carbons (Fsp3) is 0.593. The molecule has 0 aliphatic rings. The third-order valence-electron chi connectivity index (χ3n) is 5.57. The van der Waals surface area contributed by atoms with Gasteiger partial charge >= 0.3 is 11.9 Å². The molecule has 39 heavy (non-hydrogen) atoms. The Labute approximate surface area is 229 Å². The molecule has 0 saturated carbocycles. The summed E-state index contributed by atoms with van der Waals surface area (Å²) in [6, 6.07) is 5.35. The summed E-state index contributed by atoms with van der Waals surface area (Å²) in [7, 11) is 1.79. The lowest BCUT2D eigenvalue weighted by atomic mass is 9.94. The largest absolute Gasteiger partial charge is 0.481 e. The molecular weight excluding hydrogens is 510 g/mol. The van der Waals surface area contributed by atoms with Gasteiger partial charge < -0.3 is 35.2 Å². The third kappa shape index (κ3) is 15.6. The molecule has 12 heteroatoms. The van der Waals surface area contributed by atoms with Crippen LogP contribution in [0.3, 0.4) is 0 Å². The normalized spacial score (nSPS) is 12.1. The summed E-state index contributed by atoms with van der Waals surface area (Å²) in [4.78, 5) is 59.9. The number of ether oxygens (including phenoxy) is 2. The predicted octanol–water partition coefficient (Wildman–Crippen LogP) is 1.32. The lowest BCUT2D eigenvalue weighted by molar-refractivity contribution is -0.140. The molecule has 4 N–H and O–H groups in total. The zero-order valence-electron chi connectivity index (χ0n) is 23.2. The molecule has 2 amide bonds. The molecule has 1 aromatic rings. The van der Waals surface area contributed by atoms with E-state index in [0.717, 1.165) is 5.56 Å². The van der Waals surface area contributed by atoms with Gasteiger partial charge in [0.15, 0.2) is 5.78 Å². The van der Waals surface area contributed by atoms with Crippen molar-refractivity contribution in [3.63, 3.8) is 0 Å². The van der Waals surface area contributed by atoms with Crippen molar-refractivity contribution in [2.75, 3.05) is 46.6 Å². The Bertz CT molecular complexity index is 964. The van der Waals surface area contributed by atoms with Crippen molar-refractivity contribution in [2.24, 2.45) is 5.41 Å². The van der Waals surface area contributed by atoms with Gasteiger partial charge in [-0.15, -0.1) is 0 Å². The van der Waals surface area contributed by atoms with Gasteiger partial charge in [0.1, 0.15) is 12.6 Å². The maximum Gasteiger partial charge on any atom is 0.326 e. The molecule has 0 spiro atoms.